The van der Waals surface area contributed by atoms with Gasteiger partial charge >= 0.3 is 6.36 Å². The highest BCUT2D eigenvalue weighted by Gasteiger charge is 2.30. The molecule has 108 valence electrons. The lowest BCUT2D eigenvalue weighted by Crippen LogP contribution is -2.17. The summed E-state index contributed by atoms with van der Waals surface area (Å²) < 4.78 is 41.9. The third-order valence-electron chi connectivity index (χ3n) is 2.96. The molecule has 0 bridgehead atoms. The molecule has 0 amide bonds. The Bertz CT molecular complexity index is 778. The van der Waals surface area contributed by atoms with Gasteiger partial charge in [-0.2, -0.15) is 0 Å². The van der Waals surface area contributed by atoms with E-state index in [0.717, 1.165) is 5.52 Å². The van der Waals surface area contributed by atoms with Crippen molar-refractivity contribution < 1.29 is 17.9 Å². The number of ether oxygens (including phenoxy) is 1. The van der Waals surface area contributed by atoms with E-state index in [9.17, 15) is 13.2 Å². The molecular weight excluding hydrogens is 283 g/mol. The van der Waals surface area contributed by atoms with Gasteiger partial charge in [-0.05, 0) is 36.4 Å². The Morgan fingerprint density at radius 2 is 1.76 bits per heavy atom. The molecule has 0 spiro atoms. The highest BCUT2D eigenvalue weighted by molar-refractivity contribution is 5.88. The molecule has 2 aromatic carbocycles. The fourth-order valence-electron chi connectivity index (χ4n) is 2.08. The van der Waals surface area contributed by atoms with Gasteiger partial charge in [-0.1, -0.05) is 6.07 Å². The first-order valence-corrected chi connectivity index (χ1v) is 6.02. The summed E-state index contributed by atoms with van der Waals surface area (Å²) in [6.45, 7) is 0. The maximum absolute atomic E-state index is 12.1. The molecule has 0 atom stereocenters. The number of anilines is 1. The maximum Gasteiger partial charge on any atom is 0.573 e. The normalized spacial score (nSPS) is 11.8. The predicted octanol–water partition coefficient (Wildman–Crippen LogP) is 3.51. The molecule has 0 radical (unpaired) electrons. The Labute approximate surface area is 117 Å². The minimum Gasteiger partial charge on any atom is -0.406 e. The zero-order chi connectivity index (χ0) is 15.0. The molecule has 0 saturated heterocycles. The molecule has 2 N–H and O–H groups in total. The van der Waals surface area contributed by atoms with Crippen LogP contribution in [0.4, 0.5) is 18.9 Å². The van der Waals surface area contributed by atoms with E-state index in [2.05, 4.69) is 9.72 Å². The zero-order valence-corrected chi connectivity index (χ0v) is 10.6. The lowest BCUT2D eigenvalue weighted by atomic mass is 10.2. The predicted molar refractivity (Wildman–Crippen MR) is 72.2 cm³/mol. The van der Waals surface area contributed by atoms with E-state index in [0.29, 0.717) is 16.9 Å². The Morgan fingerprint density at radius 1 is 1.05 bits per heavy atom. The molecular formula is C14H10F3N3O. The molecule has 7 heteroatoms. The average molecular weight is 293 g/mol. The number of nitrogens with zero attached hydrogens (tertiary/aromatic N) is 2. The number of nitrogen functional groups attached to an aromatic ring is 1. The minimum absolute atomic E-state index is 0.268. The summed E-state index contributed by atoms with van der Waals surface area (Å²) in [4.78, 5) is 4.20. The number of aromatic nitrogens is 2. The van der Waals surface area contributed by atoms with E-state index < -0.39 is 6.36 Å². The fraction of sp³-hybridized carbons (Fsp3) is 0.0714. The van der Waals surface area contributed by atoms with Crippen LogP contribution in [0.3, 0.4) is 0 Å². The van der Waals surface area contributed by atoms with Crippen LogP contribution in [0.2, 0.25) is 0 Å². The lowest BCUT2D eigenvalue weighted by Gasteiger charge is -2.10. The van der Waals surface area contributed by atoms with E-state index in [1.165, 1.54) is 24.3 Å². The van der Waals surface area contributed by atoms with Crippen LogP contribution < -0.4 is 10.5 Å². The van der Waals surface area contributed by atoms with Gasteiger partial charge in [-0.25, -0.2) is 4.98 Å². The second-order valence-electron chi connectivity index (χ2n) is 4.37. The smallest absolute Gasteiger partial charge is 0.406 e. The van der Waals surface area contributed by atoms with Crippen molar-refractivity contribution in [3.63, 3.8) is 0 Å². The Hall–Kier alpha value is -2.70. The molecule has 0 aliphatic carbocycles. The molecule has 0 aliphatic heterocycles. The van der Waals surface area contributed by atoms with Crippen molar-refractivity contribution >= 4 is 16.7 Å². The van der Waals surface area contributed by atoms with Gasteiger partial charge in [0.1, 0.15) is 17.6 Å². The van der Waals surface area contributed by atoms with Crippen LogP contribution in [0.15, 0.2) is 48.8 Å². The molecule has 0 unspecified atom stereocenters. The topological polar surface area (TPSA) is 53.1 Å². The van der Waals surface area contributed by atoms with Gasteiger partial charge < -0.3 is 10.5 Å². The molecule has 1 aromatic heterocycles. The molecule has 1 heterocycles. The van der Waals surface area contributed by atoms with E-state index in [1.807, 2.05) is 6.07 Å². The lowest BCUT2D eigenvalue weighted by molar-refractivity contribution is -0.274. The number of benzene rings is 2. The SMILES string of the molecule is Nc1cccc2c1ncn2-c1ccc(OC(F)(F)F)cc1. The first kappa shape index (κ1) is 13.3. The molecule has 3 aromatic rings. The number of fused-ring (bicyclic) bond motifs is 1. The summed E-state index contributed by atoms with van der Waals surface area (Å²) in [5, 5.41) is 0. The van der Waals surface area contributed by atoms with Gasteiger partial charge in [-0.15, -0.1) is 13.2 Å². The van der Waals surface area contributed by atoms with Crippen molar-refractivity contribution in [2.75, 3.05) is 5.73 Å². The summed E-state index contributed by atoms with van der Waals surface area (Å²) >= 11 is 0. The first-order chi connectivity index (χ1) is 9.94. The van der Waals surface area contributed by atoms with Crippen LogP contribution in [-0.2, 0) is 0 Å². The number of hydrogen-bond donors (Lipinski definition) is 1. The summed E-state index contributed by atoms with van der Waals surface area (Å²) in [6, 6.07) is 10.9. The van der Waals surface area contributed by atoms with Crippen molar-refractivity contribution in [1.82, 2.24) is 9.55 Å². The second-order valence-corrected chi connectivity index (χ2v) is 4.37. The maximum atomic E-state index is 12.1. The van der Waals surface area contributed by atoms with Crippen LogP contribution in [0.5, 0.6) is 5.75 Å². The van der Waals surface area contributed by atoms with Gasteiger partial charge in [-0.3, -0.25) is 4.57 Å². The summed E-state index contributed by atoms with van der Waals surface area (Å²) in [5.41, 5.74) is 8.45. The number of para-hydroxylation sites is 1. The highest BCUT2D eigenvalue weighted by Crippen LogP contribution is 2.26. The van der Waals surface area contributed by atoms with Crippen LogP contribution in [0, 0.1) is 0 Å². The Kier molecular flexibility index (Phi) is 2.97. The standard InChI is InChI=1S/C14H10F3N3O/c15-14(16,17)21-10-6-4-9(5-7-10)20-8-19-13-11(18)2-1-3-12(13)20/h1-8H,18H2. The Balaban J connectivity index is 1.98. The largest absolute Gasteiger partial charge is 0.573 e. The zero-order valence-electron chi connectivity index (χ0n) is 10.6. The summed E-state index contributed by atoms with van der Waals surface area (Å²) in [5.74, 6) is -0.268. The van der Waals surface area contributed by atoms with Crippen molar-refractivity contribution in [3.05, 3.63) is 48.8 Å². The van der Waals surface area contributed by atoms with Crippen LogP contribution in [-0.4, -0.2) is 15.9 Å². The second kappa shape index (κ2) is 4.69. The van der Waals surface area contributed by atoms with E-state index >= 15 is 0 Å². The Morgan fingerprint density at radius 3 is 2.43 bits per heavy atom. The number of alkyl halides is 3. The van der Waals surface area contributed by atoms with Crippen molar-refractivity contribution in [1.29, 1.82) is 0 Å². The molecule has 0 fully saturated rings. The molecule has 21 heavy (non-hydrogen) atoms. The third kappa shape index (κ3) is 2.62. The summed E-state index contributed by atoms with van der Waals surface area (Å²) in [6.07, 6.45) is -3.13. The quantitative estimate of drug-likeness (QED) is 0.736. The third-order valence-corrected chi connectivity index (χ3v) is 2.96. The van der Waals surface area contributed by atoms with Crippen molar-refractivity contribution in [2.24, 2.45) is 0 Å². The highest BCUT2D eigenvalue weighted by atomic mass is 19.4. The molecule has 4 nitrogen and oxygen atoms in total. The average Bonchev–Trinajstić information content (AvgIpc) is 2.83. The summed E-state index contributed by atoms with van der Waals surface area (Å²) in [7, 11) is 0. The van der Waals surface area contributed by atoms with E-state index in [1.54, 1.807) is 23.0 Å². The fourth-order valence-corrected chi connectivity index (χ4v) is 2.08. The molecule has 0 aliphatic rings. The first-order valence-electron chi connectivity index (χ1n) is 6.02. The van der Waals surface area contributed by atoms with Gasteiger partial charge in [0, 0.05) is 5.69 Å². The number of rotatable bonds is 2. The van der Waals surface area contributed by atoms with Crippen LogP contribution >= 0.6 is 0 Å². The van der Waals surface area contributed by atoms with Gasteiger partial charge in [0.25, 0.3) is 0 Å². The van der Waals surface area contributed by atoms with E-state index in [-0.39, 0.29) is 5.75 Å². The number of imidazole rings is 1. The van der Waals surface area contributed by atoms with Crippen molar-refractivity contribution in [3.8, 4) is 11.4 Å². The number of halogens is 3. The molecule has 0 saturated carbocycles. The van der Waals surface area contributed by atoms with E-state index in [4.69, 9.17) is 5.73 Å². The number of hydrogen-bond acceptors (Lipinski definition) is 3. The van der Waals surface area contributed by atoms with Gasteiger partial charge in [0.05, 0.1) is 11.2 Å². The van der Waals surface area contributed by atoms with Crippen LogP contribution in [0.1, 0.15) is 0 Å². The van der Waals surface area contributed by atoms with Gasteiger partial charge in [0.15, 0.2) is 0 Å². The number of nitrogens with two attached hydrogens (primary N) is 1. The minimum atomic E-state index is -4.70. The molecule has 3 rings (SSSR count). The van der Waals surface area contributed by atoms with Crippen molar-refractivity contribution in [2.45, 2.75) is 6.36 Å². The van der Waals surface area contributed by atoms with Crippen LogP contribution in [0.25, 0.3) is 16.7 Å². The monoisotopic (exact) mass is 293 g/mol. The van der Waals surface area contributed by atoms with Gasteiger partial charge in [0.2, 0.25) is 0 Å².